The van der Waals surface area contributed by atoms with Crippen LogP contribution in [0.1, 0.15) is 36.6 Å². The summed E-state index contributed by atoms with van der Waals surface area (Å²) in [5.41, 5.74) is 0.991. The number of esters is 1. The van der Waals surface area contributed by atoms with E-state index in [4.69, 9.17) is 14.2 Å². The molecule has 0 heterocycles. The van der Waals surface area contributed by atoms with E-state index in [0.29, 0.717) is 17.1 Å². The van der Waals surface area contributed by atoms with Crippen molar-refractivity contribution in [2.75, 3.05) is 20.8 Å². The number of carbonyl (C=O) groups excluding carboxylic acids is 3. The zero-order valence-corrected chi connectivity index (χ0v) is 16.6. The Balaban J connectivity index is 1.78. The van der Waals surface area contributed by atoms with E-state index in [0.717, 1.165) is 0 Å². The Morgan fingerprint density at radius 3 is 2.07 bits per heavy atom. The lowest BCUT2D eigenvalue weighted by Crippen LogP contribution is -2.17. The molecule has 0 spiro atoms. The van der Waals surface area contributed by atoms with Crippen LogP contribution in [0.2, 0.25) is 0 Å². The topological polar surface area (TPSA) is 78.9 Å². The van der Waals surface area contributed by atoms with Crippen molar-refractivity contribution in [3.63, 3.8) is 0 Å². The van der Waals surface area contributed by atoms with Gasteiger partial charge in [-0.2, -0.15) is 0 Å². The summed E-state index contributed by atoms with van der Waals surface area (Å²) < 4.78 is 15.5. The van der Waals surface area contributed by atoms with Crippen molar-refractivity contribution in [3.05, 3.63) is 95.1 Å². The summed E-state index contributed by atoms with van der Waals surface area (Å²) in [6.07, 6.45) is 0. The summed E-state index contributed by atoms with van der Waals surface area (Å²) in [4.78, 5) is 38.0. The van der Waals surface area contributed by atoms with Gasteiger partial charge in [0.25, 0.3) is 0 Å². The molecular weight excluding hydrogens is 384 g/mol. The predicted octanol–water partition coefficient (Wildman–Crippen LogP) is 3.97. The normalized spacial score (nSPS) is 10.2. The van der Waals surface area contributed by atoms with Crippen molar-refractivity contribution in [2.45, 2.75) is 0 Å². The van der Waals surface area contributed by atoms with E-state index in [1.54, 1.807) is 60.7 Å². The van der Waals surface area contributed by atoms with Gasteiger partial charge in [0.15, 0.2) is 12.4 Å². The standard InChI is InChI=1S/C24H20O6/c1-28-17-12-13-22(29-2)20(14-17)21(25)15-30-24(27)19-11-7-6-10-18(19)23(26)16-8-4-3-5-9-16/h3-14H,15H2,1-2H3. The van der Waals surface area contributed by atoms with E-state index in [1.807, 2.05) is 0 Å². The largest absolute Gasteiger partial charge is 0.497 e. The monoisotopic (exact) mass is 404 g/mol. The minimum atomic E-state index is -0.759. The molecule has 0 bridgehead atoms. The van der Waals surface area contributed by atoms with E-state index in [1.165, 1.54) is 26.4 Å². The first-order chi connectivity index (χ1) is 14.5. The fourth-order valence-electron chi connectivity index (χ4n) is 2.92. The van der Waals surface area contributed by atoms with Crippen LogP contribution in [-0.4, -0.2) is 38.4 Å². The van der Waals surface area contributed by atoms with Crippen LogP contribution in [0.4, 0.5) is 0 Å². The van der Waals surface area contributed by atoms with Gasteiger partial charge in [-0.3, -0.25) is 9.59 Å². The maximum Gasteiger partial charge on any atom is 0.339 e. The molecule has 3 rings (SSSR count). The second-order valence-electron chi connectivity index (χ2n) is 6.31. The number of hydrogen-bond acceptors (Lipinski definition) is 6. The van der Waals surface area contributed by atoms with Crippen molar-refractivity contribution in [3.8, 4) is 11.5 Å². The van der Waals surface area contributed by atoms with Gasteiger partial charge in [-0.1, -0.05) is 48.5 Å². The van der Waals surface area contributed by atoms with Crippen molar-refractivity contribution >= 4 is 17.5 Å². The summed E-state index contributed by atoms with van der Waals surface area (Å²) >= 11 is 0. The van der Waals surface area contributed by atoms with Crippen molar-refractivity contribution in [1.29, 1.82) is 0 Å². The molecule has 0 saturated heterocycles. The lowest BCUT2D eigenvalue weighted by atomic mass is 9.98. The number of rotatable bonds is 8. The molecule has 0 aliphatic rings. The van der Waals surface area contributed by atoms with E-state index >= 15 is 0 Å². The molecule has 3 aromatic carbocycles. The Bertz CT molecular complexity index is 1070. The van der Waals surface area contributed by atoms with Gasteiger partial charge < -0.3 is 14.2 Å². The Morgan fingerprint density at radius 1 is 0.733 bits per heavy atom. The Hall–Kier alpha value is -3.93. The van der Waals surface area contributed by atoms with E-state index < -0.39 is 18.4 Å². The summed E-state index contributed by atoms with van der Waals surface area (Å²) in [5.74, 6) is -0.694. The molecule has 30 heavy (non-hydrogen) atoms. The molecule has 0 saturated carbocycles. The van der Waals surface area contributed by atoms with Crippen LogP contribution in [-0.2, 0) is 4.74 Å². The summed E-state index contributed by atoms with van der Waals surface area (Å²) in [6, 6.07) is 19.7. The third-order valence-corrected chi connectivity index (χ3v) is 4.47. The molecule has 0 atom stereocenters. The molecular formula is C24H20O6. The summed E-state index contributed by atoms with van der Waals surface area (Å²) in [5, 5.41) is 0. The third kappa shape index (κ3) is 4.55. The van der Waals surface area contributed by atoms with E-state index in [-0.39, 0.29) is 22.5 Å². The first-order valence-corrected chi connectivity index (χ1v) is 9.16. The first kappa shape index (κ1) is 20.8. The van der Waals surface area contributed by atoms with Crippen LogP contribution in [0, 0.1) is 0 Å². The number of ether oxygens (including phenoxy) is 3. The Morgan fingerprint density at radius 2 is 1.40 bits per heavy atom. The van der Waals surface area contributed by atoms with Gasteiger partial charge in [0.1, 0.15) is 11.5 Å². The molecule has 152 valence electrons. The molecule has 0 aliphatic carbocycles. The number of methoxy groups -OCH3 is 2. The van der Waals surface area contributed by atoms with Gasteiger partial charge in [-0.25, -0.2) is 4.79 Å². The zero-order valence-electron chi connectivity index (χ0n) is 16.6. The summed E-state index contributed by atoms with van der Waals surface area (Å²) in [7, 11) is 2.92. The zero-order chi connectivity index (χ0) is 21.5. The Labute approximate surface area is 174 Å². The lowest BCUT2D eigenvalue weighted by molar-refractivity contribution is 0.0472. The molecule has 0 N–H and O–H groups in total. The van der Waals surface area contributed by atoms with Crippen molar-refractivity contribution in [1.82, 2.24) is 0 Å². The van der Waals surface area contributed by atoms with Crippen LogP contribution in [0.5, 0.6) is 11.5 Å². The van der Waals surface area contributed by atoms with Crippen LogP contribution >= 0.6 is 0 Å². The number of Topliss-reactive ketones (excluding diaryl/α,β-unsaturated/α-hetero) is 1. The predicted molar refractivity (Wildman–Crippen MR) is 110 cm³/mol. The molecule has 0 aromatic heterocycles. The molecule has 0 unspecified atom stereocenters. The average molecular weight is 404 g/mol. The van der Waals surface area contributed by atoms with Crippen molar-refractivity contribution < 1.29 is 28.6 Å². The van der Waals surface area contributed by atoms with Crippen molar-refractivity contribution in [2.24, 2.45) is 0 Å². The number of ketones is 2. The highest BCUT2D eigenvalue weighted by Crippen LogP contribution is 2.24. The minimum absolute atomic E-state index is 0.0942. The van der Waals surface area contributed by atoms with Crippen LogP contribution in [0.3, 0.4) is 0 Å². The second-order valence-corrected chi connectivity index (χ2v) is 6.31. The van der Waals surface area contributed by atoms with Gasteiger partial charge >= 0.3 is 5.97 Å². The first-order valence-electron chi connectivity index (χ1n) is 9.16. The highest BCUT2D eigenvalue weighted by molar-refractivity contribution is 6.14. The fourth-order valence-corrected chi connectivity index (χ4v) is 2.92. The number of hydrogen-bond donors (Lipinski definition) is 0. The second kappa shape index (κ2) is 9.52. The van der Waals surface area contributed by atoms with Gasteiger partial charge in [0, 0.05) is 11.1 Å². The van der Waals surface area contributed by atoms with Gasteiger partial charge in [0.2, 0.25) is 5.78 Å². The summed E-state index contributed by atoms with van der Waals surface area (Å²) in [6.45, 7) is -0.504. The smallest absolute Gasteiger partial charge is 0.339 e. The fraction of sp³-hybridized carbons (Fsp3) is 0.125. The van der Waals surface area contributed by atoms with Gasteiger partial charge in [0.05, 0.1) is 25.3 Å². The van der Waals surface area contributed by atoms with Gasteiger partial charge in [-0.05, 0) is 24.3 Å². The van der Waals surface area contributed by atoms with Crippen LogP contribution < -0.4 is 9.47 Å². The lowest BCUT2D eigenvalue weighted by Gasteiger charge is -2.11. The molecule has 3 aromatic rings. The average Bonchev–Trinajstić information content (AvgIpc) is 2.81. The third-order valence-electron chi connectivity index (χ3n) is 4.47. The highest BCUT2D eigenvalue weighted by atomic mass is 16.5. The van der Waals surface area contributed by atoms with Gasteiger partial charge in [-0.15, -0.1) is 0 Å². The molecule has 6 nitrogen and oxygen atoms in total. The molecule has 0 amide bonds. The minimum Gasteiger partial charge on any atom is -0.497 e. The van der Waals surface area contributed by atoms with E-state index in [2.05, 4.69) is 0 Å². The van der Waals surface area contributed by atoms with E-state index in [9.17, 15) is 14.4 Å². The van der Waals surface area contributed by atoms with Crippen LogP contribution in [0.25, 0.3) is 0 Å². The number of carbonyl (C=O) groups is 3. The molecule has 6 heteroatoms. The number of benzene rings is 3. The SMILES string of the molecule is COc1ccc(OC)c(C(=O)COC(=O)c2ccccc2C(=O)c2ccccc2)c1. The molecule has 0 fully saturated rings. The quantitative estimate of drug-likeness (QED) is 0.417. The molecule has 0 radical (unpaired) electrons. The Kier molecular flexibility index (Phi) is 6.60. The maximum absolute atomic E-state index is 12.8. The highest BCUT2D eigenvalue weighted by Gasteiger charge is 2.21. The van der Waals surface area contributed by atoms with Crippen LogP contribution in [0.15, 0.2) is 72.8 Å². The maximum atomic E-state index is 12.8. The molecule has 0 aliphatic heterocycles.